The van der Waals surface area contributed by atoms with E-state index in [1.54, 1.807) is 12.1 Å². The van der Waals surface area contributed by atoms with Crippen molar-refractivity contribution in [3.63, 3.8) is 0 Å². The Labute approximate surface area is 161 Å². The Morgan fingerprint density at radius 3 is 2.68 bits per heavy atom. The molecule has 8 heteroatoms. The fourth-order valence-corrected chi connectivity index (χ4v) is 4.46. The fraction of sp³-hybridized carbons (Fsp3) is 0.100. The van der Waals surface area contributed by atoms with Gasteiger partial charge in [-0.25, -0.2) is 12.8 Å². The minimum atomic E-state index is -3.96. The summed E-state index contributed by atoms with van der Waals surface area (Å²) in [6, 6.07) is 16.2. The standard InChI is InChI=1S/C20H17FN4O2S/c1-15-4-2-5-16(10-15)12-25(18-7-3-6-17(21)11-18)28(26,27)19-8-9-20-23-22-14-24(20)13-19/h2-11,13-14H,12H2,1H3. The van der Waals surface area contributed by atoms with Crippen molar-refractivity contribution >= 4 is 21.4 Å². The molecule has 4 aromatic rings. The molecule has 2 aromatic carbocycles. The van der Waals surface area contributed by atoms with Gasteiger partial charge in [-0.15, -0.1) is 10.2 Å². The first-order chi connectivity index (χ1) is 13.4. The first-order valence-electron chi connectivity index (χ1n) is 8.57. The molecule has 0 atom stereocenters. The van der Waals surface area contributed by atoms with Crippen LogP contribution < -0.4 is 4.31 Å². The fourth-order valence-electron chi connectivity index (χ4n) is 3.01. The summed E-state index contributed by atoms with van der Waals surface area (Å²) in [5.41, 5.74) is 2.61. The Balaban J connectivity index is 1.83. The molecule has 0 aliphatic heterocycles. The molecular formula is C20H17FN4O2S. The van der Waals surface area contributed by atoms with Crippen LogP contribution in [0, 0.1) is 12.7 Å². The van der Waals surface area contributed by atoms with Gasteiger partial charge in [-0.05, 0) is 42.8 Å². The van der Waals surface area contributed by atoms with Gasteiger partial charge in [0.05, 0.1) is 12.2 Å². The Bertz CT molecular complexity index is 1250. The van der Waals surface area contributed by atoms with Crippen molar-refractivity contribution in [3.8, 4) is 0 Å². The molecule has 0 bridgehead atoms. The largest absolute Gasteiger partial charge is 0.288 e. The van der Waals surface area contributed by atoms with E-state index in [0.29, 0.717) is 5.65 Å². The molecule has 0 N–H and O–H groups in total. The molecule has 0 spiro atoms. The van der Waals surface area contributed by atoms with Gasteiger partial charge in [0.1, 0.15) is 17.0 Å². The van der Waals surface area contributed by atoms with Gasteiger partial charge >= 0.3 is 0 Å². The molecule has 0 unspecified atom stereocenters. The van der Waals surface area contributed by atoms with Crippen molar-refractivity contribution in [2.24, 2.45) is 0 Å². The molecule has 6 nitrogen and oxygen atoms in total. The molecule has 2 heterocycles. The van der Waals surface area contributed by atoms with Gasteiger partial charge in [0.25, 0.3) is 10.0 Å². The summed E-state index contributed by atoms with van der Waals surface area (Å²) in [7, 11) is -3.96. The highest BCUT2D eigenvalue weighted by atomic mass is 32.2. The second-order valence-corrected chi connectivity index (χ2v) is 8.30. The lowest BCUT2D eigenvalue weighted by molar-refractivity contribution is 0.589. The number of hydrogen-bond acceptors (Lipinski definition) is 4. The van der Waals surface area contributed by atoms with Gasteiger partial charge in [0.2, 0.25) is 0 Å². The number of benzene rings is 2. The van der Waals surface area contributed by atoms with Gasteiger partial charge in [0, 0.05) is 6.20 Å². The number of halogens is 1. The maximum Gasteiger partial charge on any atom is 0.266 e. The van der Waals surface area contributed by atoms with Crippen LogP contribution >= 0.6 is 0 Å². The van der Waals surface area contributed by atoms with Crippen molar-refractivity contribution in [3.05, 3.63) is 90.1 Å². The molecule has 0 aliphatic carbocycles. The molecular weight excluding hydrogens is 379 g/mol. The highest BCUT2D eigenvalue weighted by Gasteiger charge is 2.26. The van der Waals surface area contributed by atoms with Crippen molar-refractivity contribution in [1.82, 2.24) is 14.6 Å². The second-order valence-electron chi connectivity index (χ2n) is 6.44. The number of pyridine rings is 1. The zero-order chi connectivity index (χ0) is 19.7. The maximum absolute atomic E-state index is 13.8. The van der Waals surface area contributed by atoms with Crippen LogP contribution in [0.3, 0.4) is 0 Å². The van der Waals surface area contributed by atoms with Gasteiger partial charge in [-0.2, -0.15) is 0 Å². The lowest BCUT2D eigenvalue weighted by Gasteiger charge is -2.25. The number of hydrogen-bond donors (Lipinski definition) is 0. The summed E-state index contributed by atoms with van der Waals surface area (Å²) in [4.78, 5) is 0.0664. The zero-order valence-corrected chi connectivity index (χ0v) is 15.8. The number of aryl methyl sites for hydroxylation is 1. The third-order valence-electron chi connectivity index (χ3n) is 4.36. The number of anilines is 1. The topological polar surface area (TPSA) is 67.6 Å². The lowest BCUT2D eigenvalue weighted by atomic mass is 10.1. The van der Waals surface area contributed by atoms with Crippen LogP contribution in [0.15, 0.2) is 78.1 Å². The van der Waals surface area contributed by atoms with E-state index >= 15 is 0 Å². The highest BCUT2D eigenvalue weighted by Crippen LogP contribution is 2.27. The molecule has 4 rings (SSSR count). The molecule has 0 saturated carbocycles. The third kappa shape index (κ3) is 3.46. The molecule has 0 radical (unpaired) electrons. The summed E-state index contributed by atoms with van der Waals surface area (Å²) >= 11 is 0. The lowest BCUT2D eigenvalue weighted by Crippen LogP contribution is -2.31. The molecule has 0 saturated heterocycles. The van der Waals surface area contributed by atoms with Crippen LogP contribution in [0.1, 0.15) is 11.1 Å². The van der Waals surface area contributed by atoms with Crippen LogP contribution in [-0.4, -0.2) is 23.0 Å². The van der Waals surface area contributed by atoms with Gasteiger partial charge in [-0.1, -0.05) is 35.9 Å². The minimum Gasteiger partial charge on any atom is -0.288 e. The van der Waals surface area contributed by atoms with E-state index in [4.69, 9.17) is 0 Å². The monoisotopic (exact) mass is 396 g/mol. The van der Waals surface area contributed by atoms with Gasteiger partial charge in [0.15, 0.2) is 5.65 Å². The van der Waals surface area contributed by atoms with E-state index in [-0.39, 0.29) is 17.1 Å². The van der Waals surface area contributed by atoms with E-state index in [1.165, 1.54) is 45.5 Å². The smallest absolute Gasteiger partial charge is 0.266 e. The minimum absolute atomic E-state index is 0.0664. The van der Waals surface area contributed by atoms with E-state index in [1.807, 2.05) is 31.2 Å². The Morgan fingerprint density at radius 2 is 1.89 bits per heavy atom. The van der Waals surface area contributed by atoms with Crippen LogP contribution in [0.4, 0.5) is 10.1 Å². The van der Waals surface area contributed by atoms with Crippen LogP contribution in [0.5, 0.6) is 0 Å². The van der Waals surface area contributed by atoms with E-state index < -0.39 is 15.8 Å². The van der Waals surface area contributed by atoms with Crippen molar-refractivity contribution < 1.29 is 12.8 Å². The highest BCUT2D eigenvalue weighted by molar-refractivity contribution is 7.92. The predicted molar refractivity (Wildman–Crippen MR) is 104 cm³/mol. The van der Waals surface area contributed by atoms with Crippen LogP contribution in [0.2, 0.25) is 0 Å². The summed E-state index contributed by atoms with van der Waals surface area (Å²) in [5.74, 6) is -0.504. The molecule has 28 heavy (non-hydrogen) atoms. The molecule has 2 aromatic heterocycles. The third-order valence-corrected chi connectivity index (χ3v) is 6.11. The maximum atomic E-state index is 13.8. The zero-order valence-electron chi connectivity index (χ0n) is 15.0. The van der Waals surface area contributed by atoms with Gasteiger partial charge < -0.3 is 0 Å². The number of nitrogens with zero attached hydrogens (tertiary/aromatic N) is 4. The van der Waals surface area contributed by atoms with E-state index in [0.717, 1.165) is 11.1 Å². The number of rotatable bonds is 5. The van der Waals surface area contributed by atoms with Crippen molar-refractivity contribution in [1.29, 1.82) is 0 Å². The number of aromatic nitrogens is 3. The summed E-state index contributed by atoms with van der Waals surface area (Å²) in [5, 5.41) is 7.66. The predicted octanol–water partition coefficient (Wildman–Crippen LogP) is 3.57. The quantitative estimate of drug-likeness (QED) is 0.517. The Kier molecular flexibility index (Phi) is 4.56. The summed E-state index contributed by atoms with van der Waals surface area (Å²) < 4.78 is 43.5. The van der Waals surface area contributed by atoms with Crippen molar-refractivity contribution in [2.45, 2.75) is 18.4 Å². The first-order valence-corrected chi connectivity index (χ1v) is 10.0. The normalized spacial score (nSPS) is 11.6. The SMILES string of the molecule is Cc1cccc(CN(c2cccc(F)c2)S(=O)(=O)c2ccc3nncn3c2)c1. The van der Waals surface area contributed by atoms with Gasteiger partial charge in [-0.3, -0.25) is 8.71 Å². The average molecular weight is 396 g/mol. The summed E-state index contributed by atoms with van der Waals surface area (Å²) in [6.07, 6.45) is 2.88. The summed E-state index contributed by atoms with van der Waals surface area (Å²) in [6.45, 7) is 2.01. The Morgan fingerprint density at radius 1 is 1.07 bits per heavy atom. The number of sulfonamides is 1. The molecule has 142 valence electrons. The van der Waals surface area contributed by atoms with E-state index in [9.17, 15) is 12.8 Å². The molecule has 0 aliphatic rings. The van der Waals surface area contributed by atoms with Crippen LogP contribution in [0.25, 0.3) is 5.65 Å². The Hall–Kier alpha value is -3.26. The molecule has 0 fully saturated rings. The average Bonchev–Trinajstić information content (AvgIpc) is 3.14. The van der Waals surface area contributed by atoms with Crippen LogP contribution in [-0.2, 0) is 16.6 Å². The first kappa shape index (κ1) is 18.1. The van der Waals surface area contributed by atoms with E-state index in [2.05, 4.69) is 10.2 Å². The van der Waals surface area contributed by atoms with Crippen molar-refractivity contribution in [2.75, 3.05) is 4.31 Å². The second kappa shape index (κ2) is 7.05. The molecule has 0 amide bonds. The number of fused-ring (bicyclic) bond motifs is 1.